The number of hydrogen-bond acceptors (Lipinski definition) is 11. The second-order valence-electron chi connectivity index (χ2n) is 13.9. The van der Waals surface area contributed by atoms with Gasteiger partial charge in [-0.1, -0.05) is 83.3 Å². The number of unbranched alkanes of at least 4 members (excludes halogenated alkanes) is 7. The van der Waals surface area contributed by atoms with Crippen molar-refractivity contribution in [3.63, 3.8) is 0 Å². The van der Waals surface area contributed by atoms with Crippen LogP contribution in [0.1, 0.15) is 86.0 Å². The van der Waals surface area contributed by atoms with Gasteiger partial charge in [0.2, 0.25) is 0 Å². The average molecular weight is 661 g/mol. The predicted octanol–water partition coefficient (Wildman–Crippen LogP) is 2.77. The normalized spacial score (nSPS) is 40.8. The molecule has 1 aliphatic heterocycles. The molecule has 4 aliphatic rings. The summed E-state index contributed by atoms with van der Waals surface area (Å²) in [6.45, 7) is 10.7. The number of allylic oxidation sites excluding steroid dienone is 3. The van der Waals surface area contributed by atoms with Gasteiger partial charge >= 0.3 is 11.9 Å². The average Bonchev–Trinajstić information content (AvgIpc) is 3.71. The largest absolute Gasteiger partial charge is 0.459 e. The van der Waals surface area contributed by atoms with Gasteiger partial charge in [0.1, 0.15) is 30.0 Å². The highest BCUT2D eigenvalue weighted by Crippen LogP contribution is 2.66. The molecule has 1 saturated heterocycles. The first-order chi connectivity index (χ1) is 22.1. The van der Waals surface area contributed by atoms with Crippen molar-refractivity contribution in [3.8, 4) is 0 Å². The summed E-state index contributed by atoms with van der Waals surface area (Å²) in [5.41, 5.74) is -9.06. The van der Waals surface area contributed by atoms with Gasteiger partial charge in [0.25, 0.3) is 0 Å². The topological polar surface area (TPSA) is 183 Å². The van der Waals surface area contributed by atoms with Gasteiger partial charge in [-0.25, -0.2) is 4.79 Å². The van der Waals surface area contributed by atoms with Crippen LogP contribution in [0.4, 0.5) is 0 Å². The van der Waals surface area contributed by atoms with E-state index >= 15 is 0 Å². The van der Waals surface area contributed by atoms with Crippen LogP contribution in [0.3, 0.4) is 0 Å². The molecule has 2 saturated carbocycles. The Kier molecular flexibility index (Phi) is 11.1. The second kappa shape index (κ2) is 14.1. The molecule has 262 valence electrons. The van der Waals surface area contributed by atoms with Crippen LogP contribution < -0.4 is 0 Å². The zero-order valence-electron chi connectivity index (χ0n) is 28.2. The summed E-state index contributed by atoms with van der Waals surface area (Å²) >= 11 is 0. The van der Waals surface area contributed by atoms with Crippen molar-refractivity contribution in [1.82, 2.24) is 0 Å². The molecule has 0 aromatic carbocycles. The number of fused-ring (bicyclic) bond motifs is 5. The Hall–Kier alpha value is -2.67. The molecule has 0 radical (unpaired) electrons. The van der Waals surface area contributed by atoms with Crippen LogP contribution in [0.5, 0.6) is 0 Å². The van der Waals surface area contributed by atoms with E-state index in [1.165, 1.54) is 65.0 Å². The first-order valence-corrected chi connectivity index (χ1v) is 16.8. The van der Waals surface area contributed by atoms with E-state index in [0.29, 0.717) is 0 Å². The molecule has 3 aliphatic carbocycles. The number of Topliss-reactive ketones (excluding diaryl/α,β-unsaturated/α-hetero) is 1. The van der Waals surface area contributed by atoms with Gasteiger partial charge in [0.15, 0.2) is 17.0 Å². The highest BCUT2D eigenvalue weighted by molar-refractivity contribution is 6.05. The van der Waals surface area contributed by atoms with E-state index in [2.05, 4.69) is 13.5 Å². The fraction of sp³-hybridized carbons (Fsp3) is 0.694. The third-order valence-electron chi connectivity index (χ3n) is 10.9. The fourth-order valence-electron chi connectivity index (χ4n) is 8.29. The lowest BCUT2D eigenvalue weighted by atomic mass is 9.53. The third kappa shape index (κ3) is 6.08. The Morgan fingerprint density at radius 3 is 2.26 bits per heavy atom. The monoisotopic (exact) mass is 660 g/mol. The Bertz CT molecular complexity index is 1320. The van der Waals surface area contributed by atoms with Gasteiger partial charge in [0, 0.05) is 24.8 Å². The minimum Gasteiger partial charge on any atom is -0.459 e. The second-order valence-corrected chi connectivity index (χ2v) is 13.9. The van der Waals surface area contributed by atoms with E-state index in [1.54, 1.807) is 6.08 Å². The highest BCUT2D eigenvalue weighted by Gasteiger charge is 2.85. The number of hydrogen-bond donors (Lipinski definition) is 5. The fourth-order valence-corrected chi connectivity index (χ4v) is 8.29. The Balaban J connectivity index is 1.69. The predicted molar refractivity (Wildman–Crippen MR) is 172 cm³/mol. The maximum atomic E-state index is 13.4. The first kappa shape index (κ1) is 37.2. The summed E-state index contributed by atoms with van der Waals surface area (Å²) in [5, 5.41) is 59.1. The van der Waals surface area contributed by atoms with Crippen molar-refractivity contribution >= 4 is 17.7 Å². The third-order valence-corrected chi connectivity index (χ3v) is 10.9. The molecule has 0 aromatic heterocycles. The number of ketones is 1. The van der Waals surface area contributed by atoms with Gasteiger partial charge < -0.3 is 39.7 Å². The molecule has 11 nitrogen and oxygen atoms in total. The van der Waals surface area contributed by atoms with Crippen LogP contribution in [0.25, 0.3) is 0 Å². The highest BCUT2D eigenvalue weighted by atomic mass is 16.6. The molecule has 0 amide bonds. The number of epoxide rings is 1. The number of esters is 2. The molecule has 0 aromatic rings. The van der Waals surface area contributed by atoms with Crippen molar-refractivity contribution in [2.24, 2.45) is 17.8 Å². The summed E-state index contributed by atoms with van der Waals surface area (Å²) in [5.74, 6) is -6.79. The van der Waals surface area contributed by atoms with Crippen LogP contribution in [0, 0.1) is 17.8 Å². The number of ether oxygens (including phenoxy) is 3. The zero-order chi connectivity index (χ0) is 34.9. The van der Waals surface area contributed by atoms with Crippen molar-refractivity contribution in [1.29, 1.82) is 0 Å². The summed E-state index contributed by atoms with van der Waals surface area (Å²) in [7, 11) is 0. The molecule has 47 heavy (non-hydrogen) atoms. The molecule has 11 heteroatoms. The van der Waals surface area contributed by atoms with Gasteiger partial charge in [-0.3, -0.25) is 9.59 Å². The molecular weight excluding hydrogens is 608 g/mol. The van der Waals surface area contributed by atoms with Gasteiger partial charge in [-0.15, -0.1) is 0 Å². The number of aliphatic hydroxyl groups is 5. The first-order valence-electron chi connectivity index (χ1n) is 16.8. The molecule has 4 rings (SSSR count). The molecular formula is C36H52O11. The molecule has 2 unspecified atom stereocenters. The lowest BCUT2D eigenvalue weighted by Gasteiger charge is -2.59. The van der Waals surface area contributed by atoms with Crippen molar-refractivity contribution in [2.45, 2.75) is 133 Å². The summed E-state index contributed by atoms with van der Waals surface area (Å²) < 4.78 is 17.4. The molecule has 1 heterocycles. The van der Waals surface area contributed by atoms with Crippen LogP contribution in [-0.2, 0) is 28.6 Å². The summed E-state index contributed by atoms with van der Waals surface area (Å²) in [6.07, 6.45) is 10.1. The maximum absolute atomic E-state index is 13.4. The number of aliphatic hydroxyl groups excluding tert-OH is 2. The molecule has 0 spiro atoms. The minimum atomic E-state index is -2.65. The van der Waals surface area contributed by atoms with E-state index in [1.807, 2.05) is 6.08 Å². The standard InChI is InChI=1S/C36H52O11/c1-7-8-9-10-11-12-13-14-15-16-17-18-26(39)46-31-27-30-33(20-37,47-30)32(41)36(44)25(19-22(4)28(36)40)35(27,43)23(5)29(45-24(6)38)34(31,42)21(2)3/h15-19,23,25,27,29-32,37,41-44H,2,7-14,20H2,1,3-6H3/b16-15+,18-17+/t23-,25?,27?,29-,30+,31-,32-,33+,34+,35+,36-/m1/s1. The maximum Gasteiger partial charge on any atom is 0.331 e. The quantitative estimate of drug-likeness (QED) is 0.0461. The molecule has 5 N–H and O–H groups in total. The Morgan fingerprint density at radius 2 is 1.66 bits per heavy atom. The van der Waals surface area contributed by atoms with Crippen molar-refractivity contribution < 1.29 is 54.1 Å². The van der Waals surface area contributed by atoms with E-state index in [0.717, 1.165) is 32.3 Å². The van der Waals surface area contributed by atoms with Gasteiger partial charge in [-0.2, -0.15) is 0 Å². The van der Waals surface area contributed by atoms with Gasteiger partial charge in [-0.05, 0) is 37.8 Å². The smallest absolute Gasteiger partial charge is 0.331 e. The van der Waals surface area contributed by atoms with Crippen molar-refractivity contribution in [3.05, 3.63) is 48.1 Å². The van der Waals surface area contributed by atoms with E-state index in [-0.39, 0.29) is 11.1 Å². The zero-order valence-corrected chi connectivity index (χ0v) is 28.2. The summed E-state index contributed by atoms with van der Waals surface area (Å²) in [6, 6.07) is 0. The van der Waals surface area contributed by atoms with Gasteiger partial charge in [0.05, 0.1) is 18.1 Å². The number of rotatable bonds is 14. The Labute approximate surface area is 277 Å². The van der Waals surface area contributed by atoms with Crippen LogP contribution >= 0.6 is 0 Å². The lowest BCUT2D eigenvalue weighted by Crippen LogP contribution is -2.76. The van der Waals surface area contributed by atoms with Crippen LogP contribution in [-0.4, -0.2) is 96.7 Å². The number of carbonyl (C=O) groups is 3. The van der Waals surface area contributed by atoms with Crippen molar-refractivity contribution in [2.75, 3.05) is 6.61 Å². The molecule has 0 bridgehead atoms. The minimum absolute atomic E-state index is 0.0403. The van der Waals surface area contributed by atoms with E-state index in [4.69, 9.17) is 14.2 Å². The molecule has 11 atom stereocenters. The van der Waals surface area contributed by atoms with Crippen LogP contribution in [0.15, 0.2) is 48.1 Å². The molecule has 3 fully saturated rings. The number of carbonyl (C=O) groups excluding carboxylic acids is 3. The van der Waals surface area contributed by atoms with E-state index < -0.39 is 88.9 Å². The van der Waals surface area contributed by atoms with E-state index in [9.17, 15) is 39.9 Å². The SMILES string of the molecule is C=C(C)[C@@]1(O)[C@H](OC(=O)/C=C/C=C/CCCCCCCCC)C2[C@@H]3O[C@]3(CO)[C@@H](O)[C@]3(O)C(=O)C(C)=CC3[C@@]2(O)[C@H](C)[C@H]1OC(C)=O. The lowest BCUT2D eigenvalue weighted by molar-refractivity contribution is -0.287. The summed E-state index contributed by atoms with van der Waals surface area (Å²) in [4.78, 5) is 39.2. The van der Waals surface area contributed by atoms with Crippen LogP contribution in [0.2, 0.25) is 0 Å². The Morgan fingerprint density at radius 1 is 1.02 bits per heavy atom.